The third kappa shape index (κ3) is 2.62. The number of nitrogens with zero attached hydrogens (tertiary/aromatic N) is 1. The van der Waals surface area contributed by atoms with Gasteiger partial charge in [0.1, 0.15) is 5.75 Å². The normalized spacial score (nSPS) is 28.6. The average Bonchev–Trinajstić information content (AvgIpc) is 3.06. The fourth-order valence-corrected chi connectivity index (χ4v) is 6.38. The van der Waals surface area contributed by atoms with Crippen LogP contribution in [0.2, 0.25) is 0 Å². The van der Waals surface area contributed by atoms with Crippen molar-refractivity contribution in [2.75, 3.05) is 7.05 Å². The van der Waals surface area contributed by atoms with E-state index in [1.54, 1.807) is 13.0 Å². The Bertz CT molecular complexity index is 1440. The summed E-state index contributed by atoms with van der Waals surface area (Å²) >= 11 is 0. The summed E-state index contributed by atoms with van der Waals surface area (Å²) in [6.07, 6.45) is 3.97. The Kier molecular flexibility index (Phi) is 4.34. The van der Waals surface area contributed by atoms with Crippen LogP contribution in [0.3, 0.4) is 0 Å². The SMILES string of the molecule is CC1=CC(=O)C2=C(C1=O)[C@@H](c1ccc3ccccc3c1O)C1=CC[C@@H]3C(=O)N(C)C(=O)[C@@H]3[C@@H]1C2. The first-order chi connectivity index (χ1) is 16.3. The van der Waals surface area contributed by atoms with Gasteiger partial charge in [-0.05, 0) is 37.1 Å². The predicted octanol–water partition coefficient (Wildman–Crippen LogP) is 3.60. The molecule has 4 aliphatic rings. The minimum Gasteiger partial charge on any atom is -0.507 e. The Morgan fingerprint density at radius 2 is 1.74 bits per heavy atom. The van der Waals surface area contributed by atoms with Crippen LogP contribution < -0.4 is 0 Å². The minimum atomic E-state index is -0.645. The van der Waals surface area contributed by atoms with E-state index in [1.807, 2.05) is 36.4 Å². The number of allylic oxidation sites excluding steroid dienone is 6. The van der Waals surface area contributed by atoms with Crippen molar-refractivity contribution in [3.8, 4) is 5.75 Å². The van der Waals surface area contributed by atoms with E-state index in [0.717, 1.165) is 11.0 Å². The maximum Gasteiger partial charge on any atom is 0.233 e. The zero-order valence-corrected chi connectivity index (χ0v) is 18.9. The topological polar surface area (TPSA) is 91.8 Å². The van der Waals surface area contributed by atoms with Gasteiger partial charge in [0.2, 0.25) is 11.8 Å². The number of fused-ring (bicyclic) bond motifs is 4. The maximum absolute atomic E-state index is 13.4. The fourth-order valence-electron chi connectivity index (χ4n) is 6.38. The third-order valence-electron chi connectivity index (χ3n) is 8.03. The molecule has 170 valence electrons. The summed E-state index contributed by atoms with van der Waals surface area (Å²) in [6, 6.07) is 11.2. The van der Waals surface area contributed by atoms with E-state index in [4.69, 9.17) is 0 Å². The zero-order chi connectivity index (χ0) is 23.9. The molecule has 0 unspecified atom stereocenters. The van der Waals surface area contributed by atoms with Gasteiger partial charge in [0.05, 0.1) is 11.8 Å². The van der Waals surface area contributed by atoms with Crippen LogP contribution >= 0.6 is 0 Å². The van der Waals surface area contributed by atoms with Crippen molar-refractivity contribution in [3.05, 3.63) is 76.4 Å². The molecule has 4 atom stereocenters. The monoisotopic (exact) mass is 453 g/mol. The number of carbonyl (C=O) groups excluding carboxylic acids is 4. The molecule has 0 spiro atoms. The highest BCUT2D eigenvalue weighted by Crippen LogP contribution is 2.56. The second-order valence-corrected chi connectivity index (χ2v) is 9.69. The number of imide groups is 1. The van der Waals surface area contributed by atoms with Crippen LogP contribution in [0.1, 0.15) is 31.2 Å². The van der Waals surface area contributed by atoms with Crippen LogP contribution in [0.25, 0.3) is 10.8 Å². The van der Waals surface area contributed by atoms with E-state index in [0.29, 0.717) is 34.1 Å². The molecule has 0 saturated carbocycles. The molecule has 6 heteroatoms. The van der Waals surface area contributed by atoms with E-state index >= 15 is 0 Å². The van der Waals surface area contributed by atoms with Crippen molar-refractivity contribution < 1.29 is 24.3 Å². The van der Waals surface area contributed by atoms with Crippen molar-refractivity contribution in [2.45, 2.75) is 25.7 Å². The van der Waals surface area contributed by atoms with E-state index in [-0.39, 0.29) is 41.5 Å². The van der Waals surface area contributed by atoms with Crippen molar-refractivity contribution in [3.63, 3.8) is 0 Å². The largest absolute Gasteiger partial charge is 0.507 e. The molecule has 1 aliphatic heterocycles. The number of aromatic hydroxyl groups is 1. The van der Waals surface area contributed by atoms with Crippen LogP contribution in [-0.4, -0.2) is 40.4 Å². The van der Waals surface area contributed by atoms with E-state index in [2.05, 4.69) is 0 Å². The first kappa shape index (κ1) is 20.8. The maximum atomic E-state index is 13.4. The van der Waals surface area contributed by atoms with Gasteiger partial charge in [-0.1, -0.05) is 48.0 Å². The van der Waals surface area contributed by atoms with Gasteiger partial charge in [-0.15, -0.1) is 0 Å². The number of carbonyl (C=O) groups is 4. The summed E-state index contributed by atoms with van der Waals surface area (Å²) in [5.74, 6) is -2.85. The van der Waals surface area contributed by atoms with Gasteiger partial charge in [-0.2, -0.15) is 0 Å². The predicted molar refractivity (Wildman–Crippen MR) is 125 cm³/mol. The van der Waals surface area contributed by atoms with Gasteiger partial charge in [-0.25, -0.2) is 0 Å². The van der Waals surface area contributed by atoms with E-state index in [9.17, 15) is 24.3 Å². The molecule has 2 amide bonds. The van der Waals surface area contributed by atoms with Crippen molar-refractivity contribution >= 4 is 34.2 Å². The quantitative estimate of drug-likeness (QED) is 0.405. The first-order valence-electron chi connectivity index (χ1n) is 11.5. The fraction of sp³-hybridized carbons (Fsp3) is 0.286. The molecule has 2 aromatic carbocycles. The molecule has 3 aliphatic carbocycles. The van der Waals surface area contributed by atoms with E-state index < -0.39 is 17.8 Å². The lowest BCUT2D eigenvalue weighted by Crippen LogP contribution is -2.39. The number of Topliss-reactive ketones (excluding diaryl/α,β-unsaturated/α-hetero) is 1. The Hall–Kier alpha value is -3.80. The third-order valence-corrected chi connectivity index (χ3v) is 8.03. The van der Waals surface area contributed by atoms with Crippen LogP contribution in [-0.2, 0) is 19.2 Å². The Labute approximate surface area is 196 Å². The highest BCUT2D eigenvalue weighted by atomic mass is 16.3. The molecule has 0 bridgehead atoms. The number of rotatable bonds is 1. The molecule has 0 aromatic heterocycles. The Balaban J connectivity index is 1.60. The summed E-state index contributed by atoms with van der Waals surface area (Å²) in [5, 5.41) is 12.9. The molecule has 6 rings (SSSR count). The van der Waals surface area contributed by atoms with Gasteiger partial charge in [0.25, 0.3) is 0 Å². The Morgan fingerprint density at radius 3 is 2.53 bits per heavy atom. The number of likely N-dealkylation sites (tertiary alicyclic amines) is 1. The molecule has 34 heavy (non-hydrogen) atoms. The van der Waals surface area contributed by atoms with Crippen LogP contribution in [0.4, 0.5) is 0 Å². The molecule has 1 saturated heterocycles. The zero-order valence-electron chi connectivity index (χ0n) is 18.9. The standard InChI is InChI=1S/C28H23NO5/c1-13-11-21(30)20-12-19-16(9-10-18-23(19)28(34)29(2)27(18)33)22(24(20)25(13)31)17-8-7-14-5-3-4-6-15(14)26(17)32/h3-9,11,18-19,22-23,32H,10,12H2,1-2H3/t18-,19+,22+,23-/m0/s1. The molecule has 6 nitrogen and oxygen atoms in total. The highest BCUT2D eigenvalue weighted by molar-refractivity contribution is 6.24. The average molecular weight is 453 g/mol. The number of phenolic OH excluding ortho intramolecular Hbond substituents is 1. The second-order valence-electron chi connectivity index (χ2n) is 9.69. The molecular formula is C28H23NO5. The van der Waals surface area contributed by atoms with Gasteiger partial charge in [-0.3, -0.25) is 24.1 Å². The molecular weight excluding hydrogens is 430 g/mol. The van der Waals surface area contributed by atoms with Crippen LogP contribution in [0, 0.1) is 17.8 Å². The number of benzene rings is 2. The van der Waals surface area contributed by atoms with Gasteiger partial charge in [0, 0.05) is 40.6 Å². The summed E-state index contributed by atoms with van der Waals surface area (Å²) in [7, 11) is 1.50. The molecule has 2 aromatic rings. The molecule has 1 N–H and O–H groups in total. The number of ketones is 2. The highest BCUT2D eigenvalue weighted by Gasteiger charge is 2.55. The molecule has 1 heterocycles. The lowest BCUT2D eigenvalue weighted by atomic mass is 9.59. The Morgan fingerprint density at radius 1 is 0.971 bits per heavy atom. The number of phenols is 1. The lowest BCUT2D eigenvalue weighted by Gasteiger charge is -2.42. The molecule has 0 radical (unpaired) electrons. The summed E-state index contributed by atoms with van der Waals surface area (Å²) in [4.78, 5) is 53.5. The second kappa shape index (κ2) is 7.10. The summed E-state index contributed by atoms with van der Waals surface area (Å²) < 4.78 is 0. The number of hydrogen-bond donors (Lipinski definition) is 1. The van der Waals surface area contributed by atoms with Crippen LogP contribution in [0.5, 0.6) is 5.75 Å². The smallest absolute Gasteiger partial charge is 0.233 e. The van der Waals surface area contributed by atoms with Gasteiger partial charge >= 0.3 is 0 Å². The number of hydrogen-bond acceptors (Lipinski definition) is 5. The minimum absolute atomic E-state index is 0.0667. The summed E-state index contributed by atoms with van der Waals surface area (Å²) in [5.41, 5.74) is 2.54. The van der Waals surface area contributed by atoms with Crippen LogP contribution in [0.15, 0.2) is 70.8 Å². The van der Waals surface area contributed by atoms with Gasteiger partial charge < -0.3 is 5.11 Å². The van der Waals surface area contributed by atoms with Crippen molar-refractivity contribution in [1.82, 2.24) is 4.90 Å². The van der Waals surface area contributed by atoms with Crippen molar-refractivity contribution in [2.24, 2.45) is 17.8 Å². The number of amides is 2. The summed E-state index contributed by atoms with van der Waals surface area (Å²) in [6.45, 7) is 1.63. The first-order valence-corrected chi connectivity index (χ1v) is 11.5. The van der Waals surface area contributed by atoms with E-state index in [1.165, 1.54) is 18.0 Å². The van der Waals surface area contributed by atoms with Gasteiger partial charge in [0.15, 0.2) is 11.6 Å². The lowest BCUT2D eigenvalue weighted by molar-refractivity contribution is -0.138. The van der Waals surface area contributed by atoms with Crippen molar-refractivity contribution in [1.29, 1.82) is 0 Å². The molecule has 1 fully saturated rings.